The number of aliphatic hydroxyl groups is 1. The van der Waals surface area contributed by atoms with Gasteiger partial charge in [-0.2, -0.15) is 0 Å². The summed E-state index contributed by atoms with van der Waals surface area (Å²) in [6, 6.07) is 1.25. The van der Waals surface area contributed by atoms with Gasteiger partial charge in [0.2, 0.25) is 5.43 Å². The third-order valence-electron chi connectivity index (χ3n) is 3.31. The number of pyridine rings is 1. The van der Waals surface area contributed by atoms with Crippen LogP contribution >= 0.6 is 0 Å². The van der Waals surface area contributed by atoms with Crippen molar-refractivity contribution < 1.29 is 14.9 Å². The fourth-order valence-corrected chi connectivity index (χ4v) is 2.27. The lowest BCUT2D eigenvalue weighted by atomic mass is 10.2. The molecular formula is C16H24N2O4. The van der Waals surface area contributed by atoms with Gasteiger partial charge in [-0.15, -0.1) is 13.2 Å². The minimum Gasteiger partial charge on any atom is -0.503 e. The molecule has 1 aromatic heterocycles. The van der Waals surface area contributed by atoms with Crippen LogP contribution in [0.4, 0.5) is 0 Å². The van der Waals surface area contributed by atoms with Gasteiger partial charge in [-0.05, 0) is 0 Å². The van der Waals surface area contributed by atoms with Crippen LogP contribution in [-0.2, 0) is 24.4 Å². The van der Waals surface area contributed by atoms with Crippen molar-refractivity contribution in [3.63, 3.8) is 0 Å². The topological polar surface area (TPSA) is 74.9 Å². The fraction of sp³-hybridized carbons (Fsp3) is 0.438. The highest BCUT2D eigenvalue weighted by Crippen LogP contribution is 2.17. The lowest BCUT2D eigenvalue weighted by Crippen LogP contribution is -2.28. The average Bonchev–Trinajstić information content (AvgIpc) is 2.51. The van der Waals surface area contributed by atoms with Crippen LogP contribution in [0.1, 0.15) is 11.4 Å². The maximum atomic E-state index is 11.9. The first-order valence-electron chi connectivity index (χ1n) is 7.07. The Labute approximate surface area is 130 Å². The summed E-state index contributed by atoms with van der Waals surface area (Å²) >= 11 is 0. The summed E-state index contributed by atoms with van der Waals surface area (Å²) in [5.74, 6) is -0.300. The zero-order chi connectivity index (χ0) is 16.5. The Balaban J connectivity index is 3.27. The summed E-state index contributed by atoms with van der Waals surface area (Å²) < 4.78 is 6.78. The molecule has 0 saturated carbocycles. The van der Waals surface area contributed by atoms with E-state index in [-0.39, 0.29) is 12.4 Å². The van der Waals surface area contributed by atoms with E-state index in [1.165, 1.54) is 6.07 Å². The van der Waals surface area contributed by atoms with Gasteiger partial charge in [-0.3, -0.25) is 9.69 Å². The highest BCUT2D eigenvalue weighted by molar-refractivity contribution is 5.30. The summed E-state index contributed by atoms with van der Waals surface area (Å²) in [7, 11) is 1.57. The first-order valence-corrected chi connectivity index (χ1v) is 7.07. The number of nitrogens with zero attached hydrogens (tertiary/aromatic N) is 2. The summed E-state index contributed by atoms with van der Waals surface area (Å²) in [6.07, 6.45) is 3.49. The van der Waals surface area contributed by atoms with Gasteiger partial charge in [0.05, 0.1) is 18.9 Å². The van der Waals surface area contributed by atoms with Gasteiger partial charge in [0.25, 0.3) is 0 Å². The lowest BCUT2D eigenvalue weighted by Gasteiger charge is -2.24. The van der Waals surface area contributed by atoms with Gasteiger partial charge in [0.1, 0.15) is 0 Å². The molecule has 1 aromatic rings. The number of hydrogen-bond donors (Lipinski definition) is 2. The van der Waals surface area contributed by atoms with Crippen molar-refractivity contribution in [3.05, 3.63) is 53.0 Å². The van der Waals surface area contributed by atoms with E-state index in [0.29, 0.717) is 44.2 Å². The molecule has 0 radical (unpaired) electrons. The molecule has 0 aliphatic rings. The smallest absolute Gasteiger partial charge is 0.223 e. The van der Waals surface area contributed by atoms with Crippen LogP contribution in [-0.4, -0.2) is 46.5 Å². The molecule has 0 saturated heterocycles. The van der Waals surface area contributed by atoms with Crippen LogP contribution in [0.25, 0.3) is 0 Å². The third-order valence-corrected chi connectivity index (χ3v) is 3.31. The second kappa shape index (κ2) is 9.19. The average molecular weight is 308 g/mol. The van der Waals surface area contributed by atoms with E-state index in [4.69, 9.17) is 4.74 Å². The van der Waals surface area contributed by atoms with Crippen molar-refractivity contribution in [2.75, 3.05) is 26.8 Å². The number of aromatic nitrogens is 1. The zero-order valence-corrected chi connectivity index (χ0v) is 13.0. The van der Waals surface area contributed by atoms with Crippen LogP contribution in [0.2, 0.25) is 0 Å². The van der Waals surface area contributed by atoms with E-state index in [2.05, 4.69) is 13.2 Å². The molecule has 0 unspecified atom stereocenters. The minimum atomic E-state index is -0.495. The van der Waals surface area contributed by atoms with Gasteiger partial charge in [-0.25, -0.2) is 0 Å². The Bertz CT molecular complexity index is 556. The largest absolute Gasteiger partial charge is 0.503 e. The molecule has 0 bridgehead atoms. The van der Waals surface area contributed by atoms with Gasteiger partial charge in [0.15, 0.2) is 5.75 Å². The number of hydrogen-bond acceptors (Lipinski definition) is 5. The molecule has 22 heavy (non-hydrogen) atoms. The third kappa shape index (κ3) is 4.56. The number of methoxy groups -OCH3 is 1. The van der Waals surface area contributed by atoms with Crippen molar-refractivity contribution in [1.82, 2.24) is 9.47 Å². The molecule has 1 heterocycles. The SMILES string of the molecule is C=CCN(CC=C)Cc1c(O)c(=O)cc(CO)n1CCOC. The van der Waals surface area contributed by atoms with E-state index < -0.39 is 5.43 Å². The van der Waals surface area contributed by atoms with Crippen molar-refractivity contribution in [2.24, 2.45) is 0 Å². The van der Waals surface area contributed by atoms with Crippen molar-refractivity contribution in [1.29, 1.82) is 0 Å². The summed E-state index contributed by atoms with van der Waals surface area (Å²) in [4.78, 5) is 13.8. The molecular weight excluding hydrogens is 284 g/mol. The van der Waals surface area contributed by atoms with Gasteiger partial charge in [-0.1, -0.05) is 12.2 Å². The predicted molar refractivity (Wildman–Crippen MR) is 85.8 cm³/mol. The minimum absolute atomic E-state index is 0.283. The highest BCUT2D eigenvalue weighted by Gasteiger charge is 2.16. The number of rotatable bonds is 10. The monoisotopic (exact) mass is 308 g/mol. The van der Waals surface area contributed by atoms with E-state index >= 15 is 0 Å². The van der Waals surface area contributed by atoms with E-state index in [1.54, 1.807) is 23.8 Å². The second-order valence-corrected chi connectivity index (χ2v) is 4.87. The molecule has 1 rings (SSSR count). The van der Waals surface area contributed by atoms with Gasteiger partial charge in [0, 0.05) is 45.0 Å². The van der Waals surface area contributed by atoms with E-state index in [1.807, 2.05) is 4.90 Å². The molecule has 0 aliphatic carbocycles. The molecule has 6 heteroatoms. The summed E-state index contributed by atoms with van der Waals surface area (Å²) in [5.41, 5.74) is 0.411. The Morgan fingerprint density at radius 1 is 1.36 bits per heavy atom. The summed E-state index contributed by atoms with van der Waals surface area (Å²) in [5, 5.41) is 19.6. The molecule has 0 aliphatic heterocycles. The highest BCUT2D eigenvalue weighted by atomic mass is 16.5. The molecule has 0 fully saturated rings. The van der Waals surface area contributed by atoms with Crippen LogP contribution in [0.15, 0.2) is 36.2 Å². The molecule has 0 aromatic carbocycles. The van der Waals surface area contributed by atoms with Gasteiger partial charge < -0.3 is 19.5 Å². The maximum Gasteiger partial charge on any atom is 0.223 e. The first-order chi connectivity index (χ1) is 10.6. The lowest BCUT2D eigenvalue weighted by molar-refractivity contribution is 0.179. The van der Waals surface area contributed by atoms with Crippen LogP contribution in [0.3, 0.4) is 0 Å². The Kier molecular flexibility index (Phi) is 7.59. The Morgan fingerprint density at radius 2 is 2.00 bits per heavy atom. The Morgan fingerprint density at radius 3 is 2.50 bits per heavy atom. The standard InChI is InChI=1S/C16H24N2O4/c1-4-6-17(7-5-2)11-14-16(21)15(20)10-13(12-19)18(14)8-9-22-3/h4-5,10,19,21H,1-2,6-9,11-12H2,3H3. The quantitative estimate of drug-likeness (QED) is 0.627. The van der Waals surface area contributed by atoms with Crippen LogP contribution in [0, 0.1) is 0 Å². The molecule has 2 N–H and O–H groups in total. The van der Waals surface area contributed by atoms with E-state index in [9.17, 15) is 15.0 Å². The molecule has 0 amide bonds. The number of ether oxygens (including phenoxy) is 1. The molecule has 122 valence electrons. The zero-order valence-electron chi connectivity index (χ0n) is 13.0. The molecule has 6 nitrogen and oxygen atoms in total. The fourth-order valence-electron chi connectivity index (χ4n) is 2.27. The van der Waals surface area contributed by atoms with Crippen LogP contribution < -0.4 is 5.43 Å². The van der Waals surface area contributed by atoms with Crippen LogP contribution in [0.5, 0.6) is 5.75 Å². The number of aromatic hydroxyl groups is 1. The Hall–Kier alpha value is -1.89. The van der Waals surface area contributed by atoms with Gasteiger partial charge >= 0.3 is 0 Å². The van der Waals surface area contributed by atoms with Crippen molar-refractivity contribution in [3.8, 4) is 5.75 Å². The molecule has 0 spiro atoms. The number of aliphatic hydroxyl groups excluding tert-OH is 1. The summed E-state index contributed by atoms with van der Waals surface area (Å²) in [6.45, 7) is 9.49. The van der Waals surface area contributed by atoms with Crippen molar-refractivity contribution in [2.45, 2.75) is 19.7 Å². The maximum absolute atomic E-state index is 11.9. The molecule has 0 atom stereocenters. The second-order valence-electron chi connectivity index (χ2n) is 4.87. The van der Waals surface area contributed by atoms with Crippen molar-refractivity contribution >= 4 is 0 Å². The predicted octanol–water partition coefficient (Wildman–Crippen LogP) is 0.867. The van der Waals surface area contributed by atoms with E-state index in [0.717, 1.165) is 0 Å². The normalized spacial score (nSPS) is 10.9. The first kappa shape index (κ1) is 18.2.